The third-order valence-corrected chi connectivity index (χ3v) is 11.3. The van der Waals surface area contributed by atoms with Gasteiger partial charge < -0.3 is 43.8 Å². The van der Waals surface area contributed by atoms with Crippen molar-refractivity contribution in [2.45, 2.75) is 70.4 Å². The summed E-state index contributed by atoms with van der Waals surface area (Å²) in [5.74, 6) is -0.834. The Labute approximate surface area is 304 Å². The van der Waals surface area contributed by atoms with Gasteiger partial charge in [-0.15, -0.1) is 0 Å². The topological polar surface area (TPSA) is 191 Å². The predicted molar refractivity (Wildman–Crippen MR) is 187 cm³/mol. The zero-order valence-electron chi connectivity index (χ0n) is 29.5. The van der Waals surface area contributed by atoms with E-state index in [2.05, 4.69) is 25.1 Å². The molecule has 1 aliphatic carbocycles. The number of rotatable bonds is 16. The number of benzene rings is 2. The summed E-state index contributed by atoms with van der Waals surface area (Å²) < 4.78 is 92.9. The van der Waals surface area contributed by atoms with Gasteiger partial charge in [0.15, 0.2) is 6.79 Å². The van der Waals surface area contributed by atoms with Crippen LogP contribution in [0.3, 0.4) is 0 Å². The third kappa shape index (κ3) is 10.1. The highest BCUT2D eigenvalue weighted by atomic mass is 31.2. The number of methoxy groups -OCH3 is 1. The lowest BCUT2D eigenvalue weighted by atomic mass is 9.80. The van der Waals surface area contributed by atoms with Gasteiger partial charge in [0.05, 0.1) is 49.5 Å². The van der Waals surface area contributed by atoms with E-state index in [0.717, 1.165) is 5.56 Å². The number of phosphoric ester groups is 1. The lowest BCUT2D eigenvalue weighted by Crippen LogP contribution is -2.22. The summed E-state index contributed by atoms with van der Waals surface area (Å²) >= 11 is 0. The maximum atomic E-state index is 14.3. The molecule has 2 heterocycles. The number of amides is 1. The van der Waals surface area contributed by atoms with Crippen molar-refractivity contribution in [3.8, 4) is 5.75 Å². The molecule has 0 spiro atoms. The number of phosphoric acid groups is 1. The van der Waals surface area contributed by atoms with Crippen molar-refractivity contribution in [1.82, 2.24) is 14.9 Å². The lowest BCUT2D eigenvalue weighted by Gasteiger charge is -2.30. The number of hydrogen-bond acceptors (Lipinski definition) is 12. The Morgan fingerprint density at radius 1 is 0.981 bits per heavy atom. The molecular formula is C33H42F3N5O10P2. The number of ether oxygens (including phenoxy) is 2. The van der Waals surface area contributed by atoms with Gasteiger partial charge in [-0.25, -0.2) is 9.55 Å². The maximum Gasteiger partial charge on any atom is 0.471 e. The summed E-state index contributed by atoms with van der Waals surface area (Å²) in [4.78, 5) is 40.8. The average molecular weight is 788 g/mol. The minimum absolute atomic E-state index is 0.0203. The maximum absolute atomic E-state index is 14.3. The van der Waals surface area contributed by atoms with Crippen LogP contribution in [-0.4, -0.2) is 70.8 Å². The van der Waals surface area contributed by atoms with Crippen molar-refractivity contribution in [3.05, 3.63) is 64.3 Å². The molecule has 1 fully saturated rings. The second-order valence-corrected chi connectivity index (χ2v) is 15.7. The Balaban J connectivity index is 1.39. The quantitative estimate of drug-likeness (QED) is 0.0827. The summed E-state index contributed by atoms with van der Waals surface area (Å²) in [6, 6.07) is 8.20. The Morgan fingerprint density at radius 3 is 2.28 bits per heavy atom. The van der Waals surface area contributed by atoms with Gasteiger partial charge in [-0.2, -0.15) is 18.2 Å². The monoisotopic (exact) mass is 787 g/mol. The van der Waals surface area contributed by atoms with Crippen molar-refractivity contribution < 1.29 is 59.9 Å². The van der Waals surface area contributed by atoms with Crippen LogP contribution in [0.25, 0.3) is 0 Å². The smallest absolute Gasteiger partial charge is 0.471 e. The first kappa shape index (κ1) is 40.6. The number of alkyl halides is 3. The number of anilines is 4. The van der Waals surface area contributed by atoms with Gasteiger partial charge in [0.1, 0.15) is 17.1 Å². The van der Waals surface area contributed by atoms with E-state index in [1.165, 1.54) is 12.0 Å². The average Bonchev–Trinajstić information content (AvgIpc) is 3.39. The van der Waals surface area contributed by atoms with Crippen LogP contribution in [0.5, 0.6) is 5.75 Å². The SMILES string of the molecule is CCOP(=O)(Cc1ccc(Nc2ncc(C(F)(F)F)c(Nc3ccc(C4CCC(OCOP(=O)(O)O)CC4)c4c3C(=O)N(C)C4)n2)c(OC)c1)OCC. The third-order valence-electron chi connectivity index (χ3n) is 8.83. The van der Waals surface area contributed by atoms with Crippen LogP contribution >= 0.6 is 15.4 Å². The number of carbonyl (C=O) groups excluding carboxylic acids is 1. The molecule has 0 saturated heterocycles. The summed E-state index contributed by atoms with van der Waals surface area (Å²) in [6.07, 6.45) is -2.03. The molecule has 0 atom stereocenters. The molecule has 1 saturated carbocycles. The first-order valence-corrected chi connectivity index (χ1v) is 20.1. The molecule has 1 amide bonds. The van der Waals surface area contributed by atoms with Crippen LogP contribution in [0.1, 0.15) is 78.1 Å². The highest BCUT2D eigenvalue weighted by Crippen LogP contribution is 2.52. The molecule has 4 N–H and O–H groups in total. The molecular weight excluding hydrogens is 745 g/mol. The van der Waals surface area contributed by atoms with E-state index < -0.39 is 39.8 Å². The number of nitrogens with zero attached hydrogens (tertiary/aromatic N) is 3. The molecule has 3 aromatic rings. The van der Waals surface area contributed by atoms with Crippen LogP contribution in [0, 0.1) is 0 Å². The normalized spacial score (nSPS) is 17.9. The molecule has 2 aromatic carbocycles. The van der Waals surface area contributed by atoms with Crippen molar-refractivity contribution in [2.75, 3.05) is 44.8 Å². The zero-order valence-corrected chi connectivity index (χ0v) is 31.3. The van der Waals surface area contributed by atoms with Gasteiger partial charge in [-0.05, 0) is 80.3 Å². The predicted octanol–water partition coefficient (Wildman–Crippen LogP) is 7.45. The molecule has 0 radical (unpaired) electrons. The number of nitrogens with one attached hydrogen (secondary N) is 2. The van der Waals surface area contributed by atoms with E-state index in [-0.39, 0.29) is 66.8 Å². The molecule has 1 aromatic heterocycles. The van der Waals surface area contributed by atoms with Crippen LogP contribution in [0.2, 0.25) is 0 Å². The van der Waals surface area contributed by atoms with E-state index in [0.29, 0.717) is 48.7 Å². The van der Waals surface area contributed by atoms with Crippen LogP contribution < -0.4 is 15.4 Å². The molecule has 53 heavy (non-hydrogen) atoms. The van der Waals surface area contributed by atoms with Gasteiger partial charge in [-0.3, -0.25) is 13.9 Å². The van der Waals surface area contributed by atoms with E-state index in [1.54, 1.807) is 51.2 Å². The standard InChI is InChI=1S/C33H42F3N5O10P2/c1-5-49-52(43,50-6-2)18-20-7-13-26(28(15-20)47-4)39-32-37-16-25(33(34,35)36)30(40-32)38-27-14-12-23(24-17-41(3)31(42)29(24)27)21-8-10-22(11-9-21)48-19-51-53(44,45)46/h7,12-16,21-22H,5-6,8-11,17-19H2,1-4H3,(H2,44,45,46)(H2,37,38,39,40). The summed E-state index contributed by atoms with van der Waals surface area (Å²) in [5.41, 5.74) is 1.73. The number of aromatic nitrogens is 2. The lowest BCUT2D eigenvalue weighted by molar-refractivity contribution is -0.137. The van der Waals surface area contributed by atoms with Gasteiger partial charge >= 0.3 is 21.6 Å². The summed E-state index contributed by atoms with van der Waals surface area (Å²) in [6.45, 7) is 3.51. The minimum atomic E-state index is -4.84. The largest absolute Gasteiger partial charge is 0.495 e. The van der Waals surface area contributed by atoms with Gasteiger partial charge in [0.25, 0.3) is 5.91 Å². The fourth-order valence-corrected chi connectivity index (χ4v) is 8.36. The van der Waals surface area contributed by atoms with Crippen LogP contribution in [-0.2, 0) is 46.3 Å². The molecule has 0 unspecified atom stereocenters. The first-order valence-electron chi connectivity index (χ1n) is 16.8. The highest BCUT2D eigenvalue weighted by Gasteiger charge is 2.38. The Hall–Kier alpha value is -3.60. The van der Waals surface area contributed by atoms with Crippen LogP contribution in [0.15, 0.2) is 36.5 Å². The number of carbonyl (C=O) groups is 1. The van der Waals surface area contributed by atoms with Crippen molar-refractivity contribution in [3.63, 3.8) is 0 Å². The Bertz CT molecular complexity index is 1880. The molecule has 290 valence electrons. The molecule has 1 aliphatic heterocycles. The summed E-state index contributed by atoms with van der Waals surface area (Å²) in [7, 11) is -5.06. The zero-order chi connectivity index (χ0) is 38.6. The molecule has 5 rings (SSSR count). The Kier molecular flexibility index (Phi) is 12.9. The molecule has 15 nitrogen and oxygen atoms in total. The first-order chi connectivity index (χ1) is 25.0. The molecule has 20 heteroatoms. The second kappa shape index (κ2) is 16.8. The van der Waals surface area contributed by atoms with E-state index in [4.69, 9.17) is 28.3 Å². The second-order valence-electron chi connectivity index (χ2n) is 12.4. The van der Waals surface area contributed by atoms with Gasteiger partial charge in [0, 0.05) is 19.8 Å². The van der Waals surface area contributed by atoms with E-state index >= 15 is 0 Å². The number of halogens is 3. The van der Waals surface area contributed by atoms with E-state index in [1.807, 2.05) is 0 Å². The highest BCUT2D eigenvalue weighted by molar-refractivity contribution is 7.53. The summed E-state index contributed by atoms with van der Waals surface area (Å²) in [5, 5.41) is 5.66. The number of hydrogen-bond donors (Lipinski definition) is 4. The number of fused-ring (bicyclic) bond motifs is 1. The minimum Gasteiger partial charge on any atom is -0.495 e. The van der Waals surface area contributed by atoms with Crippen molar-refractivity contribution >= 4 is 44.5 Å². The fraction of sp³-hybridized carbons (Fsp3) is 0.485. The molecule has 2 aliphatic rings. The van der Waals surface area contributed by atoms with Crippen LogP contribution in [0.4, 0.5) is 36.3 Å². The van der Waals surface area contributed by atoms with E-state index in [9.17, 15) is 27.1 Å². The van der Waals surface area contributed by atoms with Gasteiger partial charge in [-0.1, -0.05) is 12.1 Å². The Morgan fingerprint density at radius 2 is 1.66 bits per heavy atom. The van der Waals surface area contributed by atoms with Crippen molar-refractivity contribution in [1.29, 1.82) is 0 Å². The molecule has 0 bridgehead atoms. The van der Waals surface area contributed by atoms with Crippen molar-refractivity contribution in [2.24, 2.45) is 0 Å². The van der Waals surface area contributed by atoms with Gasteiger partial charge in [0.2, 0.25) is 5.95 Å². The fourth-order valence-electron chi connectivity index (χ4n) is 6.48.